The van der Waals surface area contributed by atoms with Gasteiger partial charge in [0.1, 0.15) is 6.17 Å². The number of rotatable bonds is 7. The fourth-order valence-electron chi connectivity index (χ4n) is 3.07. The number of hydrogen-bond acceptors (Lipinski definition) is 4. The zero-order valence-corrected chi connectivity index (χ0v) is 14.5. The summed E-state index contributed by atoms with van der Waals surface area (Å²) in [4.78, 5) is 25.8. The number of aliphatic carboxylic acids is 1. The van der Waals surface area contributed by atoms with Crippen molar-refractivity contribution in [3.05, 3.63) is 27.7 Å². The second kappa shape index (κ2) is 7.88. The molecule has 6 nitrogen and oxygen atoms in total. The van der Waals surface area contributed by atoms with Crippen LogP contribution in [0.15, 0.2) is 10.9 Å². The normalized spacial score (nSPS) is 19.8. The van der Waals surface area contributed by atoms with Crippen LogP contribution in [0.1, 0.15) is 44.0 Å². The van der Waals surface area contributed by atoms with Crippen LogP contribution < -0.4 is 5.56 Å². The maximum Gasteiger partial charge on any atom is 0.328 e. The second-order valence-electron chi connectivity index (χ2n) is 6.98. The van der Waals surface area contributed by atoms with E-state index in [2.05, 4.69) is 5.10 Å². The SMILES string of the molecule is Cc1cc(=O)n([C@@H](CC(C)C)C(=O)O)nc1CCN1CC[C@@H](F)C1. The summed E-state index contributed by atoms with van der Waals surface area (Å²) in [5.41, 5.74) is 1.06. The molecule has 1 aromatic rings. The molecule has 1 saturated heterocycles. The minimum atomic E-state index is -1.05. The van der Waals surface area contributed by atoms with Crippen molar-refractivity contribution in [3.8, 4) is 0 Å². The highest BCUT2D eigenvalue weighted by molar-refractivity contribution is 5.71. The first-order valence-electron chi connectivity index (χ1n) is 8.46. The molecule has 1 aromatic heterocycles. The van der Waals surface area contributed by atoms with Gasteiger partial charge in [-0.25, -0.2) is 13.9 Å². The number of nitrogens with zero attached hydrogens (tertiary/aromatic N) is 3. The van der Waals surface area contributed by atoms with Crippen LogP contribution in [0.2, 0.25) is 0 Å². The topological polar surface area (TPSA) is 75.4 Å². The molecule has 2 heterocycles. The van der Waals surface area contributed by atoms with Crippen molar-refractivity contribution in [2.24, 2.45) is 5.92 Å². The lowest BCUT2D eigenvalue weighted by Crippen LogP contribution is -2.34. The maximum absolute atomic E-state index is 13.2. The summed E-state index contributed by atoms with van der Waals surface area (Å²) in [6, 6.07) is 0.486. The first-order chi connectivity index (χ1) is 11.3. The van der Waals surface area contributed by atoms with E-state index >= 15 is 0 Å². The van der Waals surface area contributed by atoms with Gasteiger partial charge in [-0.05, 0) is 31.2 Å². The van der Waals surface area contributed by atoms with Crippen molar-refractivity contribution >= 4 is 5.97 Å². The van der Waals surface area contributed by atoms with Crippen LogP contribution in [0.4, 0.5) is 4.39 Å². The summed E-state index contributed by atoms with van der Waals surface area (Å²) >= 11 is 0. The van der Waals surface area contributed by atoms with Gasteiger partial charge in [0, 0.05) is 32.1 Å². The summed E-state index contributed by atoms with van der Waals surface area (Å²) < 4.78 is 14.3. The first kappa shape index (κ1) is 18.6. The van der Waals surface area contributed by atoms with Crippen LogP contribution in [0, 0.1) is 12.8 Å². The number of carboxylic acids is 1. The van der Waals surface area contributed by atoms with Crippen molar-refractivity contribution < 1.29 is 14.3 Å². The molecule has 0 saturated carbocycles. The van der Waals surface area contributed by atoms with Crippen molar-refractivity contribution in [1.29, 1.82) is 0 Å². The average molecular weight is 339 g/mol. The van der Waals surface area contributed by atoms with Crippen LogP contribution in [0.3, 0.4) is 0 Å². The predicted octanol–water partition coefficient (Wildman–Crippen LogP) is 1.81. The largest absolute Gasteiger partial charge is 0.480 e. The fourth-order valence-corrected chi connectivity index (χ4v) is 3.07. The number of halogens is 1. The molecule has 0 aromatic carbocycles. The Morgan fingerprint density at radius 2 is 2.21 bits per heavy atom. The molecule has 0 amide bonds. The number of alkyl halides is 1. The van der Waals surface area contributed by atoms with E-state index in [1.807, 2.05) is 18.7 Å². The minimum absolute atomic E-state index is 0.135. The highest BCUT2D eigenvalue weighted by Gasteiger charge is 2.25. The Kier molecular flexibility index (Phi) is 6.10. The molecular formula is C17H26FN3O3. The van der Waals surface area contributed by atoms with E-state index in [9.17, 15) is 19.1 Å². The highest BCUT2D eigenvalue weighted by atomic mass is 19.1. The van der Waals surface area contributed by atoms with E-state index in [0.717, 1.165) is 16.8 Å². The number of aromatic nitrogens is 2. The molecule has 2 rings (SSSR count). The lowest BCUT2D eigenvalue weighted by Gasteiger charge is -2.19. The number of hydrogen-bond donors (Lipinski definition) is 1. The van der Waals surface area contributed by atoms with Gasteiger partial charge in [0.2, 0.25) is 0 Å². The zero-order valence-electron chi connectivity index (χ0n) is 14.5. The van der Waals surface area contributed by atoms with Gasteiger partial charge in [-0.15, -0.1) is 0 Å². The summed E-state index contributed by atoms with van der Waals surface area (Å²) in [5.74, 6) is -0.913. The standard InChI is InChI=1S/C17H26FN3O3/c1-11(2)8-15(17(23)24)21-16(22)9-12(3)14(19-21)5-7-20-6-4-13(18)10-20/h9,11,13,15H,4-8,10H2,1-3H3,(H,23,24)/t13-,15+/m1/s1. The lowest BCUT2D eigenvalue weighted by atomic mass is 10.0. The molecule has 0 aliphatic carbocycles. The zero-order chi connectivity index (χ0) is 17.9. The third-order valence-electron chi connectivity index (χ3n) is 4.40. The van der Waals surface area contributed by atoms with Crippen LogP contribution in [-0.4, -0.2) is 51.6 Å². The Morgan fingerprint density at radius 3 is 2.75 bits per heavy atom. The van der Waals surface area contributed by atoms with Crippen molar-refractivity contribution in [1.82, 2.24) is 14.7 Å². The molecule has 0 bridgehead atoms. The van der Waals surface area contributed by atoms with Crippen molar-refractivity contribution in [2.75, 3.05) is 19.6 Å². The molecule has 0 unspecified atom stereocenters. The molecule has 0 spiro atoms. The maximum atomic E-state index is 13.2. The summed E-state index contributed by atoms with van der Waals surface area (Å²) in [5, 5.41) is 13.8. The molecule has 1 fully saturated rings. The Labute approximate surface area is 141 Å². The second-order valence-corrected chi connectivity index (χ2v) is 6.98. The minimum Gasteiger partial charge on any atom is -0.480 e. The Hall–Kier alpha value is -1.76. The average Bonchev–Trinajstić information content (AvgIpc) is 2.89. The van der Waals surface area contributed by atoms with Gasteiger partial charge in [0.25, 0.3) is 5.56 Å². The van der Waals surface area contributed by atoms with E-state index in [0.29, 0.717) is 38.0 Å². The summed E-state index contributed by atoms with van der Waals surface area (Å²) in [6.45, 7) is 7.45. The van der Waals surface area contributed by atoms with E-state index in [4.69, 9.17) is 0 Å². The fraction of sp³-hybridized carbons (Fsp3) is 0.706. The number of aryl methyl sites for hydroxylation is 1. The van der Waals surface area contributed by atoms with Gasteiger partial charge in [0.05, 0.1) is 5.69 Å². The van der Waals surface area contributed by atoms with Gasteiger partial charge in [-0.2, -0.15) is 5.10 Å². The molecular weight excluding hydrogens is 313 g/mol. The van der Waals surface area contributed by atoms with Crippen molar-refractivity contribution in [3.63, 3.8) is 0 Å². The molecule has 1 aliphatic rings. The molecule has 7 heteroatoms. The highest BCUT2D eigenvalue weighted by Crippen LogP contribution is 2.17. The molecule has 1 N–H and O–H groups in total. The van der Waals surface area contributed by atoms with Gasteiger partial charge >= 0.3 is 5.97 Å². The van der Waals surface area contributed by atoms with Gasteiger partial charge < -0.3 is 5.11 Å². The smallest absolute Gasteiger partial charge is 0.328 e. The molecule has 134 valence electrons. The number of likely N-dealkylation sites (tertiary alicyclic amines) is 1. The third-order valence-corrected chi connectivity index (χ3v) is 4.40. The molecule has 1 aliphatic heterocycles. The van der Waals surface area contributed by atoms with E-state index in [1.165, 1.54) is 6.07 Å². The van der Waals surface area contributed by atoms with Crippen molar-refractivity contribution in [2.45, 2.75) is 52.2 Å². The van der Waals surface area contributed by atoms with Crippen LogP contribution in [0.25, 0.3) is 0 Å². The summed E-state index contributed by atoms with van der Waals surface area (Å²) in [7, 11) is 0. The predicted molar refractivity (Wildman–Crippen MR) is 89.0 cm³/mol. The Morgan fingerprint density at radius 1 is 1.50 bits per heavy atom. The Balaban J connectivity index is 2.20. The monoisotopic (exact) mass is 339 g/mol. The molecule has 24 heavy (non-hydrogen) atoms. The van der Waals surface area contributed by atoms with E-state index in [-0.39, 0.29) is 5.92 Å². The van der Waals surface area contributed by atoms with Gasteiger partial charge in [-0.1, -0.05) is 13.8 Å². The third kappa shape index (κ3) is 4.63. The lowest BCUT2D eigenvalue weighted by molar-refractivity contribution is -0.141. The van der Waals surface area contributed by atoms with Gasteiger partial charge in [-0.3, -0.25) is 9.69 Å². The van der Waals surface area contributed by atoms with E-state index in [1.54, 1.807) is 6.92 Å². The molecule has 0 radical (unpaired) electrons. The van der Waals surface area contributed by atoms with Gasteiger partial charge in [0.15, 0.2) is 6.04 Å². The molecule has 2 atom stereocenters. The Bertz CT molecular complexity index is 644. The number of carboxylic acid groups (broad SMARTS) is 1. The van der Waals surface area contributed by atoms with Crippen LogP contribution >= 0.6 is 0 Å². The van der Waals surface area contributed by atoms with Crippen LogP contribution in [0.5, 0.6) is 0 Å². The van der Waals surface area contributed by atoms with E-state index < -0.39 is 23.7 Å². The summed E-state index contributed by atoms with van der Waals surface area (Å²) in [6.07, 6.45) is 0.713. The number of carbonyl (C=O) groups is 1. The van der Waals surface area contributed by atoms with Crippen LogP contribution in [-0.2, 0) is 11.2 Å². The quantitative estimate of drug-likeness (QED) is 0.820. The first-order valence-corrected chi connectivity index (χ1v) is 8.46.